The van der Waals surface area contributed by atoms with Gasteiger partial charge in [-0.25, -0.2) is 0 Å². The molecule has 0 aliphatic heterocycles. The molecule has 12 aromatic rings. The lowest BCUT2D eigenvalue weighted by molar-refractivity contribution is 1.18. The Morgan fingerprint density at radius 1 is 0.279 bits per heavy atom. The fraction of sp³-hybridized carbons (Fsp3) is 0.0154. The van der Waals surface area contributed by atoms with Crippen molar-refractivity contribution in [3.63, 3.8) is 0 Å². The van der Waals surface area contributed by atoms with E-state index in [1.165, 1.54) is 66.0 Å². The second kappa shape index (κ2) is 17.5. The SMILES string of the molecule is Cc1ccc(N(c2ccc(-c3ccc(N(c4ccc(-c5ccccc5)cc4)c4ccc(-c5ccccc5)cc4)c4ccccc34)cc2)c2ccc3c(c2)c2ccccc2n3-c2ccccc2)cc1. The first kappa shape index (κ1) is 40.6. The molecule has 68 heavy (non-hydrogen) atoms. The molecule has 0 aliphatic carbocycles. The molecule has 0 spiro atoms. The molecule has 3 heteroatoms. The van der Waals surface area contributed by atoms with Crippen LogP contribution in [0.1, 0.15) is 5.56 Å². The third-order valence-corrected chi connectivity index (χ3v) is 13.3. The Balaban J connectivity index is 0.946. The van der Waals surface area contributed by atoms with Gasteiger partial charge in [0.25, 0.3) is 0 Å². The van der Waals surface area contributed by atoms with Crippen LogP contribution in [-0.2, 0) is 0 Å². The molecular formula is C65H47N3. The van der Waals surface area contributed by atoms with Gasteiger partial charge < -0.3 is 14.4 Å². The number of aryl methyl sites for hydroxylation is 1. The smallest absolute Gasteiger partial charge is 0.0542 e. The topological polar surface area (TPSA) is 11.4 Å². The molecule has 0 saturated carbocycles. The monoisotopic (exact) mass is 869 g/mol. The van der Waals surface area contributed by atoms with Crippen molar-refractivity contribution < 1.29 is 0 Å². The summed E-state index contributed by atoms with van der Waals surface area (Å²) in [5.74, 6) is 0. The van der Waals surface area contributed by atoms with Crippen LogP contribution < -0.4 is 9.80 Å². The number of benzene rings is 11. The van der Waals surface area contributed by atoms with Gasteiger partial charge in [0.1, 0.15) is 0 Å². The van der Waals surface area contributed by atoms with Gasteiger partial charge in [-0.1, -0.05) is 181 Å². The maximum Gasteiger partial charge on any atom is 0.0542 e. The van der Waals surface area contributed by atoms with Gasteiger partial charge in [0.15, 0.2) is 0 Å². The molecule has 0 N–H and O–H groups in total. The Hall–Kier alpha value is -8.92. The van der Waals surface area contributed by atoms with Crippen LogP contribution in [0.25, 0.3) is 71.6 Å². The van der Waals surface area contributed by atoms with Crippen molar-refractivity contribution >= 4 is 66.7 Å². The fourth-order valence-electron chi connectivity index (χ4n) is 9.91. The highest BCUT2D eigenvalue weighted by molar-refractivity contribution is 6.11. The Morgan fingerprint density at radius 3 is 1.29 bits per heavy atom. The summed E-state index contributed by atoms with van der Waals surface area (Å²) < 4.78 is 2.37. The van der Waals surface area contributed by atoms with Crippen molar-refractivity contribution in [2.45, 2.75) is 6.92 Å². The standard InChI is InChI=1S/C65H47N3/c1-46-25-33-53(34-26-46)66(57-41-43-65-62(45-57)61-23-13-14-24-63(61)68(65)52-19-9-4-10-20-52)54-39-31-51(32-40-54)58-42-44-64(60-22-12-11-21-59(58)60)67(55-35-27-49(28-36-55)47-15-5-2-6-16-47)56-37-29-50(30-38-56)48-17-7-3-8-18-48/h2-45H,1H3. The normalized spacial score (nSPS) is 11.3. The van der Waals surface area contributed by atoms with E-state index >= 15 is 0 Å². The van der Waals surface area contributed by atoms with Crippen molar-refractivity contribution in [2.24, 2.45) is 0 Å². The van der Waals surface area contributed by atoms with Gasteiger partial charge in [0, 0.05) is 50.3 Å². The first-order valence-electron chi connectivity index (χ1n) is 23.3. The zero-order valence-electron chi connectivity index (χ0n) is 37.7. The van der Waals surface area contributed by atoms with Crippen molar-refractivity contribution in [3.05, 3.63) is 272 Å². The Bertz CT molecular complexity index is 3610. The Morgan fingerprint density at radius 2 is 0.706 bits per heavy atom. The van der Waals surface area contributed by atoms with Crippen LogP contribution >= 0.6 is 0 Å². The van der Waals surface area contributed by atoms with Gasteiger partial charge in [-0.15, -0.1) is 0 Å². The summed E-state index contributed by atoms with van der Waals surface area (Å²) in [6.07, 6.45) is 0. The third kappa shape index (κ3) is 7.46. The average Bonchev–Trinajstić information content (AvgIpc) is 3.74. The van der Waals surface area contributed by atoms with Crippen molar-refractivity contribution in [2.75, 3.05) is 9.80 Å². The van der Waals surface area contributed by atoms with Crippen LogP contribution in [0.3, 0.4) is 0 Å². The largest absolute Gasteiger partial charge is 0.310 e. The maximum atomic E-state index is 2.40. The lowest BCUT2D eigenvalue weighted by Gasteiger charge is -2.28. The zero-order valence-corrected chi connectivity index (χ0v) is 37.7. The molecule has 0 bridgehead atoms. The fourth-order valence-corrected chi connectivity index (χ4v) is 9.91. The van der Waals surface area contributed by atoms with Crippen LogP contribution in [0.4, 0.5) is 34.1 Å². The van der Waals surface area contributed by atoms with Crippen molar-refractivity contribution in [1.29, 1.82) is 0 Å². The summed E-state index contributed by atoms with van der Waals surface area (Å²) in [5.41, 5.74) is 18.5. The van der Waals surface area contributed by atoms with Crippen LogP contribution in [0.5, 0.6) is 0 Å². The quantitative estimate of drug-likeness (QED) is 0.136. The van der Waals surface area contributed by atoms with E-state index in [9.17, 15) is 0 Å². The van der Waals surface area contributed by atoms with Gasteiger partial charge in [-0.2, -0.15) is 0 Å². The minimum Gasteiger partial charge on any atom is -0.310 e. The number of anilines is 6. The van der Waals surface area contributed by atoms with E-state index in [-0.39, 0.29) is 0 Å². The lowest BCUT2D eigenvalue weighted by Crippen LogP contribution is -2.11. The minimum absolute atomic E-state index is 1.09. The molecule has 11 aromatic carbocycles. The summed E-state index contributed by atoms with van der Waals surface area (Å²) in [6.45, 7) is 2.14. The van der Waals surface area contributed by atoms with Crippen molar-refractivity contribution in [1.82, 2.24) is 4.57 Å². The minimum atomic E-state index is 1.09. The maximum absolute atomic E-state index is 2.40. The highest BCUT2D eigenvalue weighted by Crippen LogP contribution is 2.45. The number of hydrogen-bond acceptors (Lipinski definition) is 2. The number of fused-ring (bicyclic) bond motifs is 4. The van der Waals surface area contributed by atoms with Gasteiger partial charge in [-0.3, -0.25) is 0 Å². The molecule has 322 valence electrons. The lowest BCUT2D eigenvalue weighted by atomic mass is 9.95. The van der Waals surface area contributed by atoms with Crippen LogP contribution in [-0.4, -0.2) is 4.57 Å². The highest BCUT2D eigenvalue weighted by Gasteiger charge is 2.20. The average molecular weight is 870 g/mol. The molecule has 0 unspecified atom stereocenters. The summed E-state index contributed by atoms with van der Waals surface area (Å²) in [4.78, 5) is 4.77. The van der Waals surface area contributed by atoms with Crippen LogP contribution in [0, 0.1) is 6.92 Å². The second-order valence-corrected chi connectivity index (χ2v) is 17.4. The third-order valence-electron chi connectivity index (χ3n) is 13.3. The van der Waals surface area contributed by atoms with Crippen LogP contribution in [0.15, 0.2) is 267 Å². The molecule has 3 nitrogen and oxygen atoms in total. The molecule has 12 rings (SSSR count). The van der Waals surface area contributed by atoms with E-state index in [1.807, 2.05) is 0 Å². The van der Waals surface area contributed by atoms with Crippen molar-refractivity contribution in [3.8, 4) is 39.1 Å². The number of nitrogens with zero attached hydrogens (tertiary/aromatic N) is 3. The Labute approximate surface area is 397 Å². The summed E-state index contributed by atoms with van der Waals surface area (Å²) in [5, 5.41) is 4.82. The molecule has 0 radical (unpaired) electrons. The highest BCUT2D eigenvalue weighted by atomic mass is 15.1. The van der Waals surface area contributed by atoms with E-state index in [1.54, 1.807) is 0 Å². The molecule has 0 aliphatic rings. The molecule has 0 atom stereocenters. The van der Waals surface area contributed by atoms with Gasteiger partial charge in [0.05, 0.1) is 16.7 Å². The summed E-state index contributed by atoms with van der Waals surface area (Å²) in [6, 6.07) is 96.7. The molecule has 0 amide bonds. The number of aromatic nitrogens is 1. The van der Waals surface area contributed by atoms with Crippen LogP contribution in [0.2, 0.25) is 0 Å². The second-order valence-electron chi connectivity index (χ2n) is 17.4. The van der Waals surface area contributed by atoms with E-state index in [4.69, 9.17) is 0 Å². The Kier molecular flexibility index (Phi) is 10.4. The molecule has 1 aromatic heterocycles. The van der Waals surface area contributed by atoms with E-state index in [0.717, 1.165) is 45.4 Å². The molecule has 0 saturated heterocycles. The summed E-state index contributed by atoms with van der Waals surface area (Å²) >= 11 is 0. The predicted octanol–water partition coefficient (Wildman–Crippen LogP) is 18.2. The van der Waals surface area contributed by atoms with E-state index < -0.39 is 0 Å². The molecule has 0 fully saturated rings. The molecular weight excluding hydrogens is 823 g/mol. The van der Waals surface area contributed by atoms with E-state index in [0.29, 0.717) is 0 Å². The molecule has 1 heterocycles. The number of rotatable bonds is 10. The summed E-state index contributed by atoms with van der Waals surface area (Å²) in [7, 11) is 0. The number of para-hydroxylation sites is 2. The van der Waals surface area contributed by atoms with Gasteiger partial charge in [0.2, 0.25) is 0 Å². The predicted molar refractivity (Wildman–Crippen MR) is 289 cm³/mol. The van der Waals surface area contributed by atoms with Gasteiger partial charge >= 0.3 is 0 Å². The van der Waals surface area contributed by atoms with E-state index in [2.05, 4.69) is 288 Å². The zero-order chi connectivity index (χ0) is 45.4. The number of hydrogen-bond donors (Lipinski definition) is 0. The first-order chi connectivity index (χ1) is 33.6. The first-order valence-corrected chi connectivity index (χ1v) is 23.3. The van der Waals surface area contributed by atoms with Gasteiger partial charge in [-0.05, 0) is 137 Å².